The van der Waals surface area contributed by atoms with Crippen LogP contribution in [-0.4, -0.2) is 43.0 Å². The van der Waals surface area contributed by atoms with Gasteiger partial charge in [-0.05, 0) is 30.0 Å². The fraction of sp³-hybridized carbons (Fsp3) is 0.409. The quantitative estimate of drug-likeness (QED) is 0.762. The van der Waals surface area contributed by atoms with Gasteiger partial charge in [0.1, 0.15) is 0 Å². The number of piperidine rings is 1. The molecule has 5 nitrogen and oxygen atoms in total. The molecule has 0 aliphatic carbocycles. The number of carbonyl (C=O) groups excluding carboxylic acids is 1. The highest BCUT2D eigenvalue weighted by molar-refractivity contribution is 5.77. The molecular formula is C22H28N4O. The number of rotatable bonds is 5. The monoisotopic (exact) mass is 364 g/mol. The summed E-state index contributed by atoms with van der Waals surface area (Å²) >= 11 is 0. The Kier molecular flexibility index (Phi) is 5.53. The number of nitrogens with zero attached hydrogens (tertiary/aromatic N) is 1. The van der Waals surface area contributed by atoms with E-state index in [9.17, 15) is 4.79 Å². The van der Waals surface area contributed by atoms with Crippen molar-refractivity contribution < 1.29 is 4.79 Å². The minimum atomic E-state index is 0.124. The second-order valence-corrected chi connectivity index (χ2v) is 7.50. The molecule has 5 heteroatoms. The van der Waals surface area contributed by atoms with Crippen molar-refractivity contribution in [1.82, 2.24) is 21.1 Å². The van der Waals surface area contributed by atoms with Gasteiger partial charge in [-0.3, -0.25) is 15.1 Å². The van der Waals surface area contributed by atoms with Gasteiger partial charge in [0, 0.05) is 31.6 Å². The molecule has 2 aliphatic rings. The van der Waals surface area contributed by atoms with Gasteiger partial charge in [-0.15, -0.1) is 0 Å². The lowest BCUT2D eigenvalue weighted by Gasteiger charge is -2.35. The maximum Gasteiger partial charge on any atom is 0.234 e. The summed E-state index contributed by atoms with van der Waals surface area (Å²) in [5.74, 6) is 0.592. The molecule has 2 aliphatic heterocycles. The summed E-state index contributed by atoms with van der Waals surface area (Å²) in [4.78, 5) is 14.2. The van der Waals surface area contributed by atoms with Crippen LogP contribution in [-0.2, 0) is 4.79 Å². The zero-order chi connectivity index (χ0) is 18.6. The van der Waals surface area contributed by atoms with Crippen molar-refractivity contribution in [3.05, 3.63) is 60.2 Å². The lowest BCUT2D eigenvalue weighted by Crippen LogP contribution is -2.48. The number of nitrogens with one attached hydrogen (secondary N) is 3. The molecule has 0 saturated carbocycles. The summed E-state index contributed by atoms with van der Waals surface area (Å²) in [5, 5.41) is 2.91. The van der Waals surface area contributed by atoms with E-state index in [0.717, 1.165) is 19.5 Å². The summed E-state index contributed by atoms with van der Waals surface area (Å²) < 4.78 is 0. The zero-order valence-electron chi connectivity index (χ0n) is 15.8. The standard InChI is InChI=1S/C22H28N4O/c1-2-23-21(27)15-26-13-12-20-19(14-26)22(25-24-20)18-10-8-17(9-11-18)16-6-4-3-5-7-16/h3-11,19-20,22,24-25H,2,12-15H2,1H3,(H,23,27). The summed E-state index contributed by atoms with van der Waals surface area (Å²) in [6.45, 7) is 5.05. The SMILES string of the molecule is CCNC(=O)CN1CCC2NNC(c3ccc(-c4ccccc4)cc3)C2C1. The fourth-order valence-electron chi connectivity index (χ4n) is 4.32. The van der Waals surface area contributed by atoms with Crippen LogP contribution < -0.4 is 16.2 Å². The molecule has 1 amide bonds. The van der Waals surface area contributed by atoms with Gasteiger partial charge >= 0.3 is 0 Å². The highest BCUT2D eigenvalue weighted by Crippen LogP contribution is 2.34. The average Bonchev–Trinajstić information content (AvgIpc) is 3.12. The third-order valence-corrected chi connectivity index (χ3v) is 5.71. The number of hydrogen-bond donors (Lipinski definition) is 3. The Bertz CT molecular complexity index is 762. The predicted octanol–water partition coefficient (Wildman–Crippen LogP) is 2.33. The Hall–Kier alpha value is -2.21. The van der Waals surface area contributed by atoms with Crippen LogP contribution in [0.3, 0.4) is 0 Å². The highest BCUT2D eigenvalue weighted by atomic mass is 16.2. The van der Waals surface area contributed by atoms with Crippen molar-refractivity contribution in [2.24, 2.45) is 5.92 Å². The van der Waals surface area contributed by atoms with E-state index in [1.807, 2.05) is 13.0 Å². The van der Waals surface area contributed by atoms with E-state index in [0.29, 0.717) is 25.0 Å². The lowest BCUT2D eigenvalue weighted by atomic mass is 9.84. The largest absolute Gasteiger partial charge is 0.355 e. The molecule has 0 aromatic heterocycles. The highest BCUT2D eigenvalue weighted by Gasteiger charge is 2.40. The summed E-state index contributed by atoms with van der Waals surface area (Å²) in [5.41, 5.74) is 10.8. The molecule has 0 bridgehead atoms. The van der Waals surface area contributed by atoms with E-state index in [1.165, 1.54) is 16.7 Å². The molecule has 2 saturated heterocycles. The number of amides is 1. The second-order valence-electron chi connectivity index (χ2n) is 7.50. The zero-order valence-corrected chi connectivity index (χ0v) is 15.8. The van der Waals surface area contributed by atoms with Crippen LogP contribution in [0, 0.1) is 5.92 Å². The number of likely N-dealkylation sites (tertiary alicyclic amines) is 1. The van der Waals surface area contributed by atoms with Gasteiger partial charge in [-0.2, -0.15) is 0 Å². The Morgan fingerprint density at radius 3 is 2.56 bits per heavy atom. The fourth-order valence-corrected chi connectivity index (χ4v) is 4.32. The first-order valence-corrected chi connectivity index (χ1v) is 9.90. The maximum atomic E-state index is 11.9. The Morgan fingerprint density at radius 2 is 1.81 bits per heavy atom. The van der Waals surface area contributed by atoms with Crippen LogP contribution >= 0.6 is 0 Å². The number of hydrogen-bond acceptors (Lipinski definition) is 4. The van der Waals surface area contributed by atoms with Crippen molar-refractivity contribution in [3.8, 4) is 11.1 Å². The van der Waals surface area contributed by atoms with E-state index in [4.69, 9.17) is 0 Å². The third kappa shape index (κ3) is 4.05. The molecule has 142 valence electrons. The number of benzene rings is 2. The van der Waals surface area contributed by atoms with Gasteiger partial charge in [0.15, 0.2) is 0 Å². The van der Waals surface area contributed by atoms with Crippen molar-refractivity contribution in [2.75, 3.05) is 26.2 Å². The first-order valence-electron chi connectivity index (χ1n) is 9.90. The topological polar surface area (TPSA) is 56.4 Å². The molecule has 4 rings (SSSR count). The van der Waals surface area contributed by atoms with Crippen LogP contribution in [0.4, 0.5) is 0 Å². The molecule has 3 atom stereocenters. The van der Waals surface area contributed by atoms with Gasteiger partial charge in [0.2, 0.25) is 5.91 Å². The first kappa shape index (κ1) is 18.2. The summed E-state index contributed by atoms with van der Waals surface area (Å²) in [6.07, 6.45) is 1.07. The van der Waals surface area contributed by atoms with E-state index in [2.05, 4.69) is 69.6 Å². The third-order valence-electron chi connectivity index (χ3n) is 5.71. The molecular weight excluding hydrogens is 336 g/mol. The number of fused-ring (bicyclic) bond motifs is 1. The number of carbonyl (C=O) groups is 1. The van der Waals surface area contributed by atoms with E-state index in [1.54, 1.807) is 0 Å². The molecule has 2 aromatic rings. The van der Waals surface area contributed by atoms with Crippen LogP contribution in [0.15, 0.2) is 54.6 Å². The van der Waals surface area contributed by atoms with Crippen molar-refractivity contribution in [3.63, 3.8) is 0 Å². The van der Waals surface area contributed by atoms with E-state index >= 15 is 0 Å². The molecule has 3 N–H and O–H groups in total. The Labute approximate surface area is 161 Å². The number of likely N-dealkylation sites (N-methyl/N-ethyl adjacent to an activating group) is 1. The van der Waals surface area contributed by atoms with Gasteiger partial charge in [-0.25, -0.2) is 5.43 Å². The molecule has 0 spiro atoms. The van der Waals surface area contributed by atoms with Crippen LogP contribution in [0.25, 0.3) is 11.1 Å². The van der Waals surface area contributed by atoms with Crippen molar-refractivity contribution >= 4 is 5.91 Å². The van der Waals surface area contributed by atoms with Crippen LogP contribution in [0.5, 0.6) is 0 Å². The lowest BCUT2D eigenvalue weighted by molar-refractivity contribution is -0.122. The molecule has 3 unspecified atom stereocenters. The van der Waals surface area contributed by atoms with E-state index in [-0.39, 0.29) is 11.9 Å². The molecule has 2 fully saturated rings. The molecule has 2 aromatic carbocycles. The Morgan fingerprint density at radius 1 is 1.07 bits per heavy atom. The van der Waals surface area contributed by atoms with Gasteiger partial charge < -0.3 is 5.32 Å². The van der Waals surface area contributed by atoms with Crippen LogP contribution in [0.2, 0.25) is 0 Å². The van der Waals surface area contributed by atoms with Crippen molar-refractivity contribution in [2.45, 2.75) is 25.4 Å². The minimum Gasteiger partial charge on any atom is -0.355 e. The van der Waals surface area contributed by atoms with Crippen LogP contribution in [0.1, 0.15) is 24.9 Å². The van der Waals surface area contributed by atoms with E-state index < -0.39 is 0 Å². The second kappa shape index (κ2) is 8.21. The number of hydrazine groups is 1. The first-order chi connectivity index (χ1) is 13.2. The predicted molar refractivity (Wildman–Crippen MR) is 108 cm³/mol. The van der Waals surface area contributed by atoms with Gasteiger partial charge in [0.05, 0.1) is 12.6 Å². The summed E-state index contributed by atoms with van der Waals surface area (Å²) in [6, 6.07) is 20.1. The van der Waals surface area contributed by atoms with Gasteiger partial charge in [0.25, 0.3) is 0 Å². The summed E-state index contributed by atoms with van der Waals surface area (Å²) in [7, 11) is 0. The van der Waals surface area contributed by atoms with Crippen molar-refractivity contribution in [1.29, 1.82) is 0 Å². The normalized spacial score (nSPS) is 25.1. The smallest absolute Gasteiger partial charge is 0.234 e. The maximum absolute atomic E-state index is 11.9. The molecule has 2 heterocycles. The minimum absolute atomic E-state index is 0.124. The Balaban J connectivity index is 1.45. The molecule has 0 radical (unpaired) electrons. The van der Waals surface area contributed by atoms with Gasteiger partial charge in [-0.1, -0.05) is 54.6 Å². The molecule has 27 heavy (non-hydrogen) atoms. The average molecular weight is 364 g/mol.